The summed E-state index contributed by atoms with van der Waals surface area (Å²) >= 11 is 0. The highest BCUT2D eigenvalue weighted by Gasteiger charge is 2.17. The third kappa shape index (κ3) is 5.48. The number of ether oxygens (including phenoxy) is 1. The number of anilines is 2. The van der Waals surface area contributed by atoms with Crippen molar-refractivity contribution >= 4 is 23.4 Å². The molecule has 2 aromatic heterocycles. The first kappa shape index (κ1) is 21.0. The van der Waals surface area contributed by atoms with Crippen molar-refractivity contribution in [3.05, 3.63) is 72.3 Å². The van der Waals surface area contributed by atoms with E-state index in [9.17, 15) is 14.0 Å². The summed E-state index contributed by atoms with van der Waals surface area (Å²) in [6.07, 6.45) is 3.08. The molecule has 0 unspecified atom stereocenters. The van der Waals surface area contributed by atoms with Gasteiger partial charge in [-0.05, 0) is 30.3 Å². The first-order valence-corrected chi connectivity index (χ1v) is 9.97. The Morgan fingerprint density at radius 2 is 2.09 bits per heavy atom. The number of aromatic nitrogens is 2. The number of hydrogen-bond acceptors (Lipinski definition) is 6. The maximum atomic E-state index is 13.4. The van der Waals surface area contributed by atoms with Crippen LogP contribution in [0.1, 0.15) is 5.56 Å². The molecule has 0 atom stereocenters. The van der Waals surface area contributed by atoms with Crippen LogP contribution in [0.15, 0.2) is 60.9 Å². The van der Waals surface area contributed by atoms with Crippen LogP contribution in [0.2, 0.25) is 0 Å². The third-order valence-electron chi connectivity index (χ3n) is 4.67. The molecular weight excluding hydrogens is 415 g/mol. The van der Waals surface area contributed by atoms with E-state index in [2.05, 4.69) is 25.9 Å². The van der Waals surface area contributed by atoms with Crippen LogP contribution < -0.4 is 25.6 Å². The molecule has 9 nitrogen and oxygen atoms in total. The van der Waals surface area contributed by atoms with Gasteiger partial charge in [-0.25, -0.2) is 19.2 Å². The molecule has 0 aliphatic carbocycles. The molecule has 0 saturated carbocycles. The van der Waals surface area contributed by atoms with Crippen LogP contribution in [0.4, 0.5) is 20.7 Å². The Morgan fingerprint density at radius 1 is 1.19 bits per heavy atom. The lowest BCUT2D eigenvalue weighted by atomic mass is 10.2. The van der Waals surface area contributed by atoms with Crippen molar-refractivity contribution in [2.24, 2.45) is 0 Å². The predicted molar refractivity (Wildman–Crippen MR) is 116 cm³/mol. The Kier molecular flexibility index (Phi) is 6.40. The monoisotopic (exact) mass is 436 g/mol. The van der Waals surface area contributed by atoms with Gasteiger partial charge in [-0.1, -0.05) is 12.1 Å². The number of hydrogen-bond donors (Lipinski definition) is 3. The molecule has 164 valence electrons. The standard InChI is InChI=1S/C22H21FN6O3/c23-16-4-1-5-18(11-16)32-21-15(3-2-8-25-21)12-27-22(31)28-17-6-7-19(26-13-17)29-10-9-24-20(30)14-29/h1-8,11,13H,9-10,12,14H2,(H,24,30)(H2,27,28,31). The molecule has 3 amide bonds. The SMILES string of the molecule is O=C1CN(c2ccc(NC(=O)NCc3cccnc3Oc3cccc(F)c3)cn2)CCN1. The Morgan fingerprint density at radius 3 is 2.88 bits per heavy atom. The first-order chi connectivity index (χ1) is 15.6. The summed E-state index contributed by atoms with van der Waals surface area (Å²) in [6.45, 7) is 1.66. The Hall–Kier alpha value is -4.21. The van der Waals surface area contributed by atoms with Gasteiger partial charge in [0, 0.05) is 37.5 Å². The summed E-state index contributed by atoms with van der Waals surface area (Å²) in [5.74, 6) is 0.790. The number of halogens is 1. The number of pyridine rings is 2. The van der Waals surface area contributed by atoms with E-state index in [1.165, 1.54) is 24.4 Å². The summed E-state index contributed by atoms with van der Waals surface area (Å²) in [4.78, 5) is 34.2. The molecule has 3 heterocycles. The molecular formula is C22H21FN6O3. The Balaban J connectivity index is 1.33. The molecule has 0 radical (unpaired) electrons. The van der Waals surface area contributed by atoms with Crippen LogP contribution in [0.3, 0.4) is 0 Å². The average Bonchev–Trinajstić information content (AvgIpc) is 2.79. The highest BCUT2D eigenvalue weighted by atomic mass is 19.1. The second kappa shape index (κ2) is 9.73. The Labute approximate surface area is 183 Å². The molecule has 32 heavy (non-hydrogen) atoms. The van der Waals surface area contributed by atoms with E-state index < -0.39 is 11.8 Å². The first-order valence-electron chi connectivity index (χ1n) is 9.97. The molecule has 1 aliphatic heterocycles. The number of amides is 3. The number of urea groups is 1. The maximum Gasteiger partial charge on any atom is 0.319 e. The number of rotatable bonds is 6. The second-order valence-corrected chi connectivity index (χ2v) is 7.01. The topological polar surface area (TPSA) is 108 Å². The van der Waals surface area contributed by atoms with Crippen LogP contribution >= 0.6 is 0 Å². The van der Waals surface area contributed by atoms with Crippen LogP contribution in [0, 0.1) is 5.82 Å². The lowest BCUT2D eigenvalue weighted by molar-refractivity contribution is -0.120. The van der Waals surface area contributed by atoms with E-state index in [-0.39, 0.29) is 24.9 Å². The van der Waals surface area contributed by atoms with Crippen LogP contribution in [-0.4, -0.2) is 41.5 Å². The van der Waals surface area contributed by atoms with Gasteiger partial charge in [-0.15, -0.1) is 0 Å². The fourth-order valence-electron chi connectivity index (χ4n) is 3.12. The smallest absolute Gasteiger partial charge is 0.319 e. The molecule has 1 saturated heterocycles. The number of benzene rings is 1. The minimum atomic E-state index is -0.433. The average molecular weight is 436 g/mol. The number of nitrogens with one attached hydrogen (secondary N) is 3. The van der Waals surface area contributed by atoms with Gasteiger partial charge in [0.2, 0.25) is 11.8 Å². The summed E-state index contributed by atoms with van der Waals surface area (Å²) < 4.78 is 19.0. The largest absolute Gasteiger partial charge is 0.439 e. The second-order valence-electron chi connectivity index (χ2n) is 7.01. The zero-order valence-electron chi connectivity index (χ0n) is 17.0. The predicted octanol–water partition coefficient (Wildman–Crippen LogP) is 2.67. The molecule has 0 bridgehead atoms. The van der Waals surface area contributed by atoms with Crippen molar-refractivity contribution in [1.29, 1.82) is 0 Å². The van der Waals surface area contributed by atoms with Gasteiger partial charge in [-0.2, -0.15) is 0 Å². The van der Waals surface area contributed by atoms with Crippen molar-refractivity contribution in [3.63, 3.8) is 0 Å². The minimum Gasteiger partial charge on any atom is -0.439 e. The highest BCUT2D eigenvalue weighted by molar-refractivity contribution is 5.89. The number of nitrogens with zero attached hydrogens (tertiary/aromatic N) is 3. The van der Waals surface area contributed by atoms with Crippen molar-refractivity contribution in [2.45, 2.75) is 6.54 Å². The van der Waals surface area contributed by atoms with Crippen molar-refractivity contribution < 1.29 is 18.7 Å². The minimum absolute atomic E-state index is 0.0456. The Bertz CT molecular complexity index is 1110. The van der Waals surface area contributed by atoms with Gasteiger partial charge in [0.25, 0.3) is 0 Å². The summed E-state index contributed by atoms with van der Waals surface area (Å²) in [7, 11) is 0. The fourth-order valence-corrected chi connectivity index (χ4v) is 3.12. The third-order valence-corrected chi connectivity index (χ3v) is 4.67. The fraction of sp³-hybridized carbons (Fsp3) is 0.182. The molecule has 4 rings (SSSR count). The van der Waals surface area contributed by atoms with Crippen LogP contribution in [0.5, 0.6) is 11.6 Å². The molecule has 10 heteroatoms. The van der Waals surface area contributed by atoms with Gasteiger partial charge in [0.1, 0.15) is 17.4 Å². The van der Waals surface area contributed by atoms with E-state index >= 15 is 0 Å². The molecule has 1 aromatic carbocycles. The molecule has 1 fully saturated rings. The van der Waals surface area contributed by atoms with Crippen LogP contribution in [0.25, 0.3) is 0 Å². The quantitative estimate of drug-likeness (QED) is 0.548. The maximum absolute atomic E-state index is 13.4. The summed E-state index contributed by atoms with van der Waals surface area (Å²) in [5.41, 5.74) is 1.14. The zero-order chi connectivity index (χ0) is 22.3. The van der Waals surface area contributed by atoms with E-state index in [0.717, 1.165) is 0 Å². The number of piperazine rings is 1. The molecule has 3 aromatic rings. The number of carbonyl (C=O) groups is 2. The van der Waals surface area contributed by atoms with Gasteiger partial charge in [0.05, 0.1) is 18.4 Å². The van der Waals surface area contributed by atoms with E-state index in [1.54, 1.807) is 36.5 Å². The number of carbonyl (C=O) groups excluding carboxylic acids is 2. The molecule has 1 aliphatic rings. The van der Waals surface area contributed by atoms with Gasteiger partial charge >= 0.3 is 6.03 Å². The summed E-state index contributed by atoms with van der Waals surface area (Å²) in [5, 5.41) is 8.20. The summed E-state index contributed by atoms with van der Waals surface area (Å²) in [6, 6.07) is 12.3. The van der Waals surface area contributed by atoms with E-state index in [4.69, 9.17) is 4.74 Å². The van der Waals surface area contributed by atoms with Crippen molar-refractivity contribution in [2.75, 3.05) is 29.9 Å². The lowest BCUT2D eigenvalue weighted by Crippen LogP contribution is -2.48. The van der Waals surface area contributed by atoms with Crippen molar-refractivity contribution in [1.82, 2.24) is 20.6 Å². The lowest BCUT2D eigenvalue weighted by Gasteiger charge is -2.27. The normalized spacial score (nSPS) is 13.3. The zero-order valence-corrected chi connectivity index (χ0v) is 17.0. The van der Waals surface area contributed by atoms with E-state index in [0.29, 0.717) is 35.9 Å². The molecule has 3 N–H and O–H groups in total. The highest BCUT2D eigenvalue weighted by Crippen LogP contribution is 2.23. The molecule has 0 spiro atoms. The van der Waals surface area contributed by atoms with Gasteiger partial charge in [0.15, 0.2) is 0 Å². The van der Waals surface area contributed by atoms with Crippen LogP contribution in [-0.2, 0) is 11.3 Å². The van der Waals surface area contributed by atoms with Gasteiger partial charge < -0.3 is 25.6 Å². The van der Waals surface area contributed by atoms with Crippen molar-refractivity contribution in [3.8, 4) is 11.6 Å². The van der Waals surface area contributed by atoms with Gasteiger partial charge in [-0.3, -0.25) is 4.79 Å². The van der Waals surface area contributed by atoms with E-state index in [1.807, 2.05) is 4.90 Å².